The average Bonchev–Trinajstić information content (AvgIpc) is 2.55. The molecular formula is C19H22O3. The normalized spacial score (nSPS) is 11.0. The van der Waals surface area contributed by atoms with Crippen LogP contribution in [0.15, 0.2) is 54.6 Å². The fraction of sp³-hybridized carbons (Fsp3) is 0.316. The van der Waals surface area contributed by atoms with E-state index in [4.69, 9.17) is 9.47 Å². The number of methoxy groups -OCH3 is 1. The van der Waals surface area contributed by atoms with Crippen molar-refractivity contribution in [3.8, 4) is 5.75 Å². The molecule has 0 fully saturated rings. The Morgan fingerprint density at radius 2 is 1.64 bits per heavy atom. The lowest BCUT2D eigenvalue weighted by Crippen LogP contribution is -2.21. The fourth-order valence-electron chi connectivity index (χ4n) is 2.24. The summed E-state index contributed by atoms with van der Waals surface area (Å²) in [5.41, 5.74) is 1.72. The van der Waals surface area contributed by atoms with Gasteiger partial charge >= 0.3 is 5.97 Å². The van der Waals surface area contributed by atoms with E-state index >= 15 is 0 Å². The first-order chi connectivity index (χ1) is 10.5. The van der Waals surface area contributed by atoms with Crippen LogP contribution in [0.4, 0.5) is 0 Å². The van der Waals surface area contributed by atoms with Gasteiger partial charge in [-0.25, -0.2) is 4.79 Å². The van der Waals surface area contributed by atoms with Crippen molar-refractivity contribution >= 4 is 5.97 Å². The summed E-state index contributed by atoms with van der Waals surface area (Å²) in [7, 11) is 1.66. The van der Waals surface area contributed by atoms with E-state index in [2.05, 4.69) is 26.0 Å². The van der Waals surface area contributed by atoms with Gasteiger partial charge in [-0.15, -0.1) is 0 Å². The van der Waals surface area contributed by atoms with Gasteiger partial charge < -0.3 is 9.47 Å². The Balaban J connectivity index is 1.90. The van der Waals surface area contributed by atoms with E-state index in [1.54, 1.807) is 19.2 Å². The van der Waals surface area contributed by atoms with Crippen LogP contribution in [0.3, 0.4) is 0 Å². The monoisotopic (exact) mass is 298 g/mol. The molecule has 22 heavy (non-hydrogen) atoms. The molecule has 0 unspecified atom stereocenters. The number of ether oxygens (including phenoxy) is 2. The number of esters is 1. The number of carbonyl (C=O) groups is 1. The first-order valence-corrected chi connectivity index (χ1v) is 7.39. The summed E-state index contributed by atoms with van der Waals surface area (Å²) in [6.07, 6.45) is 0.762. The molecule has 0 radical (unpaired) electrons. The van der Waals surface area contributed by atoms with Crippen LogP contribution in [-0.2, 0) is 10.2 Å². The molecule has 0 amide bonds. The Morgan fingerprint density at radius 1 is 1.00 bits per heavy atom. The zero-order valence-electron chi connectivity index (χ0n) is 13.3. The first-order valence-electron chi connectivity index (χ1n) is 7.39. The molecule has 0 N–H and O–H groups in total. The lowest BCUT2D eigenvalue weighted by atomic mass is 9.82. The standard InChI is InChI=1S/C19H22O3/c1-19(2,16-9-11-17(21-3)12-10-16)13-14-22-18(20)15-7-5-4-6-8-15/h4-12H,13-14H2,1-3H3. The maximum atomic E-state index is 11.9. The third-order valence-electron chi connectivity index (χ3n) is 3.84. The lowest BCUT2D eigenvalue weighted by Gasteiger charge is -2.25. The minimum absolute atomic E-state index is 0.0662. The summed E-state index contributed by atoms with van der Waals surface area (Å²) in [4.78, 5) is 11.9. The minimum atomic E-state index is -0.272. The van der Waals surface area contributed by atoms with Crippen molar-refractivity contribution in [3.05, 3.63) is 65.7 Å². The lowest BCUT2D eigenvalue weighted by molar-refractivity contribution is 0.0480. The summed E-state index contributed by atoms with van der Waals surface area (Å²) in [6.45, 7) is 4.68. The van der Waals surface area contributed by atoms with Crippen LogP contribution in [0, 0.1) is 0 Å². The van der Waals surface area contributed by atoms with E-state index in [0.29, 0.717) is 12.2 Å². The van der Waals surface area contributed by atoms with Crippen LogP contribution in [-0.4, -0.2) is 19.7 Å². The zero-order chi connectivity index (χ0) is 16.0. The highest BCUT2D eigenvalue weighted by atomic mass is 16.5. The highest BCUT2D eigenvalue weighted by Crippen LogP contribution is 2.28. The van der Waals surface area contributed by atoms with Gasteiger partial charge in [0.05, 0.1) is 19.3 Å². The molecule has 0 saturated heterocycles. The van der Waals surface area contributed by atoms with E-state index in [1.807, 2.05) is 30.3 Å². The van der Waals surface area contributed by atoms with Gasteiger partial charge in [0.15, 0.2) is 0 Å². The predicted molar refractivity (Wildman–Crippen MR) is 87.4 cm³/mol. The fourth-order valence-corrected chi connectivity index (χ4v) is 2.24. The Labute approximate surface area is 131 Å². The summed E-state index contributed by atoms with van der Waals surface area (Å²) >= 11 is 0. The van der Waals surface area contributed by atoms with Crippen molar-refractivity contribution in [1.82, 2.24) is 0 Å². The number of hydrogen-bond donors (Lipinski definition) is 0. The molecule has 2 rings (SSSR count). The molecule has 0 aliphatic carbocycles. The molecule has 0 heterocycles. The molecule has 3 nitrogen and oxygen atoms in total. The van der Waals surface area contributed by atoms with Crippen LogP contribution in [0.25, 0.3) is 0 Å². The molecule has 2 aromatic carbocycles. The molecule has 0 saturated carbocycles. The number of hydrogen-bond acceptors (Lipinski definition) is 3. The second kappa shape index (κ2) is 7.12. The van der Waals surface area contributed by atoms with Crippen LogP contribution in [0.5, 0.6) is 5.75 Å². The van der Waals surface area contributed by atoms with Crippen molar-refractivity contribution in [3.63, 3.8) is 0 Å². The second-order valence-electron chi connectivity index (χ2n) is 5.86. The van der Waals surface area contributed by atoms with E-state index in [0.717, 1.165) is 12.2 Å². The van der Waals surface area contributed by atoms with Crippen molar-refractivity contribution < 1.29 is 14.3 Å². The van der Waals surface area contributed by atoms with Crippen LogP contribution in [0.2, 0.25) is 0 Å². The van der Waals surface area contributed by atoms with E-state index in [-0.39, 0.29) is 11.4 Å². The third kappa shape index (κ3) is 4.10. The van der Waals surface area contributed by atoms with Gasteiger partial charge in [-0.05, 0) is 41.7 Å². The van der Waals surface area contributed by atoms with Gasteiger partial charge in [-0.2, -0.15) is 0 Å². The van der Waals surface area contributed by atoms with Gasteiger partial charge in [0.1, 0.15) is 5.75 Å². The molecule has 0 atom stereocenters. The molecule has 0 spiro atoms. The number of carbonyl (C=O) groups excluding carboxylic acids is 1. The largest absolute Gasteiger partial charge is 0.497 e. The smallest absolute Gasteiger partial charge is 0.338 e. The molecular weight excluding hydrogens is 276 g/mol. The van der Waals surface area contributed by atoms with Gasteiger partial charge in [0.2, 0.25) is 0 Å². The van der Waals surface area contributed by atoms with Crippen LogP contribution in [0.1, 0.15) is 36.2 Å². The number of benzene rings is 2. The van der Waals surface area contributed by atoms with Gasteiger partial charge in [0, 0.05) is 0 Å². The Bertz CT molecular complexity index is 600. The Kier molecular flexibility index (Phi) is 5.21. The van der Waals surface area contributed by atoms with Gasteiger partial charge in [-0.3, -0.25) is 0 Å². The average molecular weight is 298 g/mol. The quantitative estimate of drug-likeness (QED) is 0.749. The first kappa shape index (κ1) is 16.1. The SMILES string of the molecule is COc1ccc(C(C)(C)CCOC(=O)c2ccccc2)cc1. The Morgan fingerprint density at radius 3 is 2.23 bits per heavy atom. The van der Waals surface area contributed by atoms with Crippen molar-refractivity contribution in [2.45, 2.75) is 25.7 Å². The van der Waals surface area contributed by atoms with E-state index in [1.165, 1.54) is 5.56 Å². The highest BCUT2D eigenvalue weighted by molar-refractivity contribution is 5.89. The van der Waals surface area contributed by atoms with Crippen molar-refractivity contribution in [1.29, 1.82) is 0 Å². The molecule has 0 aliphatic heterocycles. The summed E-state index contributed by atoms with van der Waals surface area (Å²) in [5.74, 6) is 0.571. The topological polar surface area (TPSA) is 35.5 Å². The highest BCUT2D eigenvalue weighted by Gasteiger charge is 2.21. The maximum absolute atomic E-state index is 11.9. The van der Waals surface area contributed by atoms with Gasteiger partial charge in [-0.1, -0.05) is 44.2 Å². The van der Waals surface area contributed by atoms with E-state index < -0.39 is 0 Å². The maximum Gasteiger partial charge on any atom is 0.338 e. The molecule has 2 aromatic rings. The zero-order valence-corrected chi connectivity index (χ0v) is 13.3. The Hall–Kier alpha value is -2.29. The second-order valence-corrected chi connectivity index (χ2v) is 5.86. The van der Waals surface area contributed by atoms with Crippen molar-refractivity contribution in [2.24, 2.45) is 0 Å². The molecule has 3 heteroatoms. The number of rotatable bonds is 6. The van der Waals surface area contributed by atoms with Crippen LogP contribution >= 0.6 is 0 Å². The summed E-state index contributed by atoms with van der Waals surface area (Å²) in [5, 5.41) is 0. The summed E-state index contributed by atoms with van der Waals surface area (Å²) in [6, 6.07) is 17.1. The van der Waals surface area contributed by atoms with E-state index in [9.17, 15) is 4.79 Å². The van der Waals surface area contributed by atoms with Crippen molar-refractivity contribution in [2.75, 3.05) is 13.7 Å². The predicted octanol–water partition coefficient (Wildman–Crippen LogP) is 4.22. The van der Waals surface area contributed by atoms with Gasteiger partial charge in [0.25, 0.3) is 0 Å². The molecule has 0 aromatic heterocycles. The molecule has 0 aliphatic rings. The molecule has 0 bridgehead atoms. The molecule has 116 valence electrons. The van der Waals surface area contributed by atoms with Crippen LogP contribution < -0.4 is 4.74 Å². The minimum Gasteiger partial charge on any atom is -0.497 e. The summed E-state index contributed by atoms with van der Waals surface area (Å²) < 4.78 is 10.5. The third-order valence-corrected chi connectivity index (χ3v) is 3.84.